The van der Waals surface area contributed by atoms with Crippen LogP contribution in [0.4, 0.5) is 0 Å². The summed E-state index contributed by atoms with van der Waals surface area (Å²) in [4.78, 5) is 0. The average Bonchev–Trinajstić information content (AvgIpc) is 1.63. The van der Waals surface area contributed by atoms with Crippen molar-refractivity contribution in [3.05, 3.63) is 11.6 Å². The molecular formula is C6H13NO2. The van der Waals surface area contributed by atoms with Crippen LogP contribution in [-0.2, 0) is 0 Å². The van der Waals surface area contributed by atoms with Crippen LogP contribution in [0.1, 0.15) is 13.8 Å². The SMILES string of the molecule is CC(C)=CC(O)NCO. The van der Waals surface area contributed by atoms with Gasteiger partial charge in [-0.1, -0.05) is 5.57 Å². The first kappa shape index (κ1) is 8.62. The molecule has 0 rings (SSSR count). The summed E-state index contributed by atoms with van der Waals surface area (Å²) in [6.45, 7) is 3.55. The van der Waals surface area contributed by atoms with Crippen molar-refractivity contribution < 1.29 is 10.2 Å². The summed E-state index contributed by atoms with van der Waals surface area (Å²) in [5.41, 5.74) is 1.02. The number of hydrogen-bond donors (Lipinski definition) is 3. The third-order valence-electron chi connectivity index (χ3n) is 0.792. The van der Waals surface area contributed by atoms with E-state index in [0.29, 0.717) is 0 Å². The lowest BCUT2D eigenvalue weighted by molar-refractivity contribution is 0.133. The molecule has 0 spiro atoms. The summed E-state index contributed by atoms with van der Waals surface area (Å²) in [6.07, 6.45) is 0.899. The summed E-state index contributed by atoms with van der Waals surface area (Å²) >= 11 is 0. The van der Waals surface area contributed by atoms with Crippen molar-refractivity contribution in [1.29, 1.82) is 0 Å². The lowest BCUT2D eigenvalue weighted by atomic mass is 10.3. The summed E-state index contributed by atoms with van der Waals surface area (Å²) < 4.78 is 0. The lowest BCUT2D eigenvalue weighted by Gasteiger charge is -2.04. The minimum Gasteiger partial charge on any atom is -0.381 e. The summed E-state index contributed by atoms with van der Waals surface area (Å²) in [7, 11) is 0. The van der Waals surface area contributed by atoms with E-state index in [0.717, 1.165) is 5.57 Å². The maximum absolute atomic E-state index is 8.87. The highest BCUT2D eigenvalue weighted by atomic mass is 16.3. The number of rotatable bonds is 3. The van der Waals surface area contributed by atoms with E-state index in [1.807, 2.05) is 13.8 Å². The maximum Gasteiger partial charge on any atom is 0.126 e. The molecule has 0 saturated carbocycles. The highest BCUT2D eigenvalue weighted by Crippen LogP contribution is 1.89. The molecule has 0 aromatic heterocycles. The molecule has 1 atom stereocenters. The molecule has 0 aliphatic heterocycles. The summed E-state index contributed by atoms with van der Waals surface area (Å²) in [6, 6.07) is 0. The molecule has 0 bridgehead atoms. The summed E-state index contributed by atoms with van der Waals surface area (Å²) in [5.74, 6) is 0. The third kappa shape index (κ3) is 5.49. The predicted molar refractivity (Wildman–Crippen MR) is 35.7 cm³/mol. The van der Waals surface area contributed by atoms with Crippen LogP contribution in [0.15, 0.2) is 11.6 Å². The van der Waals surface area contributed by atoms with Crippen LogP contribution in [0.2, 0.25) is 0 Å². The van der Waals surface area contributed by atoms with Crippen LogP contribution in [0.25, 0.3) is 0 Å². The van der Waals surface area contributed by atoms with Gasteiger partial charge in [-0.15, -0.1) is 0 Å². The molecule has 3 nitrogen and oxygen atoms in total. The van der Waals surface area contributed by atoms with E-state index in [4.69, 9.17) is 10.2 Å². The molecule has 54 valence electrons. The highest BCUT2D eigenvalue weighted by molar-refractivity contribution is 4.96. The van der Waals surface area contributed by atoms with Crippen molar-refractivity contribution >= 4 is 0 Å². The van der Waals surface area contributed by atoms with Gasteiger partial charge in [-0.3, -0.25) is 5.32 Å². The van der Waals surface area contributed by atoms with Gasteiger partial charge in [-0.05, 0) is 19.9 Å². The normalized spacial score (nSPS) is 12.9. The van der Waals surface area contributed by atoms with E-state index in [9.17, 15) is 0 Å². The zero-order valence-electron chi connectivity index (χ0n) is 5.76. The Hall–Kier alpha value is -0.380. The molecular weight excluding hydrogens is 118 g/mol. The standard InChI is InChI=1S/C6H13NO2/c1-5(2)3-6(9)7-4-8/h3,6-9H,4H2,1-2H3. The van der Waals surface area contributed by atoms with Gasteiger partial charge in [0.2, 0.25) is 0 Å². The first-order valence-corrected chi connectivity index (χ1v) is 2.84. The lowest BCUT2D eigenvalue weighted by Crippen LogP contribution is -2.27. The van der Waals surface area contributed by atoms with E-state index < -0.39 is 6.23 Å². The minimum absolute atomic E-state index is 0.203. The number of aliphatic hydroxyl groups is 2. The van der Waals surface area contributed by atoms with Gasteiger partial charge in [-0.25, -0.2) is 0 Å². The van der Waals surface area contributed by atoms with E-state index >= 15 is 0 Å². The molecule has 0 fully saturated rings. The molecule has 0 amide bonds. The number of nitrogens with one attached hydrogen (secondary N) is 1. The Morgan fingerprint density at radius 3 is 2.56 bits per heavy atom. The van der Waals surface area contributed by atoms with Crippen molar-refractivity contribution in [2.75, 3.05) is 6.73 Å². The molecule has 0 aliphatic carbocycles. The largest absolute Gasteiger partial charge is 0.381 e. The fourth-order valence-corrected chi connectivity index (χ4v) is 0.468. The zero-order valence-corrected chi connectivity index (χ0v) is 5.76. The second kappa shape index (κ2) is 4.49. The Bertz CT molecular complexity index is 97.2. The van der Waals surface area contributed by atoms with Crippen molar-refractivity contribution in [3.8, 4) is 0 Å². The first-order chi connectivity index (χ1) is 4.16. The predicted octanol–water partition coefficient (Wildman–Crippen LogP) is -0.190. The van der Waals surface area contributed by atoms with Crippen molar-refractivity contribution in [2.45, 2.75) is 20.1 Å². The molecule has 0 radical (unpaired) electrons. The number of allylic oxidation sites excluding steroid dienone is 1. The van der Waals surface area contributed by atoms with Gasteiger partial charge < -0.3 is 10.2 Å². The van der Waals surface area contributed by atoms with E-state index in [2.05, 4.69) is 5.32 Å². The fourth-order valence-electron chi connectivity index (χ4n) is 0.468. The maximum atomic E-state index is 8.87. The topological polar surface area (TPSA) is 52.5 Å². The van der Waals surface area contributed by atoms with Gasteiger partial charge >= 0.3 is 0 Å². The van der Waals surface area contributed by atoms with Gasteiger partial charge in [0.1, 0.15) is 6.23 Å². The zero-order chi connectivity index (χ0) is 7.28. The smallest absolute Gasteiger partial charge is 0.126 e. The Kier molecular flexibility index (Phi) is 4.30. The van der Waals surface area contributed by atoms with Crippen molar-refractivity contribution in [2.24, 2.45) is 0 Å². The minimum atomic E-state index is -0.722. The van der Waals surface area contributed by atoms with Crippen LogP contribution < -0.4 is 5.32 Å². The van der Waals surface area contributed by atoms with Crippen LogP contribution in [0, 0.1) is 0 Å². The van der Waals surface area contributed by atoms with E-state index in [1.54, 1.807) is 6.08 Å². The molecule has 0 saturated heterocycles. The second-order valence-corrected chi connectivity index (χ2v) is 2.05. The van der Waals surface area contributed by atoms with Crippen LogP contribution in [0.3, 0.4) is 0 Å². The van der Waals surface area contributed by atoms with Crippen LogP contribution >= 0.6 is 0 Å². The second-order valence-electron chi connectivity index (χ2n) is 2.05. The monoisotopic (exact) mass is 131 g/mol. The van der Waals surface area contributed by atoms with Crippen LogP contribution in [0.5, 0.6) is 0 Å². The molecule has 0 aromatic carbocycles. The molecule has 0 aromatic rings. The van der Waals surface area contributed by atoms with Gasteiger partial charge in [-0.2, -0.15) is 0 Å². The van der Waals surface area contributed by atoms with E-state index in [1.165, 1.54) is 0 Å². The highest BCUT2D eigenvalue weighted by Gasteiger charge is 1.93. The fraction of sp³-hybridized carbons (Fsp3) is 0.667. The first-order valence-electron chi connectivity index (χ1n) is 2.84. The van der Waals surface area contributed by atoms with Gasteiger partial charge in [0.05, 0.1) is 6.73 Å². The molecule has 3 heteroatoms. The average molecular weight is 131 g/mol. The van der Waals surface area contributed by atoms with Gasteiger partial charge in [0.15, 0.2) is 0 Å². The molecule has 0 heterocycles. The Labute approximate surface area is 55.0 Å². The molecule has 0 aliphatic rings. The molecule has 1 unspecified atom stereocenters. The van der Waals surface area contributed by atoms with Crippen LogP contribution in [-0.4, -0.2) is 23.2 Å². The number of aliphatic hydroxyl groups excluding tert-OH is 2. The van der Waals surface area contributed by atoms with Gasteiger partial charge in [0.25, 0.3) is 0 Å². The Morgan fingerprint density at radius 2 is 2.22 bits per heavy atom. The molecule has 3 N–H and O–H groups in total. The Balaban J connectivity index is 3.49. The Morgan fingerprint density at radius 1 is 1.67 bits per heavy atom. The van der Waals surface area contributed by atoms with E-state index in [-0.39, 0.29) is 6.73 Å². The van der Waals surface area contributed by atoms with Crippen molar-refractivity contribution in [3.63, 3.8) is 0 Å². The van der Waals surface area contributed by atoms with Gasteiger partial charge in [0, 0.05) is 0 Å². The number of hydrogen-bond acceptors (Lipinski definition) is 3. The summed E-state index contributed by atoms with van der Waals surface area (Å²) in [5, 5.41) is 19.5. The quantitative estimate of drug-likeness (QED) is 0.367. The third-order valence-corrected chi connectivity index (χ3v) is 0.792. The molecule has 9 heavy (non-hydrogen) atoms. The van der Waals surface area contributed by atoms with Crippen molar-refractivity contribution in [1.82, 2.24) is 5.32 Å².